The fourth-order valence-corrected chi connectivity index (χ4v) is 4.65. The third-order valence-corrected chi connectivity index (χ3v) is 6.52. The number of rotatable bonds is 5. The second-order valence-corrected chi connectivity index (χ2v) is 8.95. The smallest absolute Gasteiger partial charge is 0.327 e. The molecule has 0 bridgehead atoms. The quantitative estimate of drug-likeness (QED) is 0.708. The number of likely N-dealkylation sites (tertiary alicyclic amines) is 1. The first-order chi connectivity index (χ1) is 13.9. The van der Waals surface area contributed by atoms with Crippen molar-refractivity contribution in [1.82, 2.24) is 24.7 Å². The van der Waals surface area contributed by atoms with Crippen LogP contribution in [0.15, 0.2) is 18.7 Å². The number of carbonyl (C=O) groups excluding carboxylic acids is 3. The normalized spacial score (nSPS) is 22.0. The van der Waals surface area contributed by atoms with Crippen LogP contribution in [-0.2, 0) is 4.79 Å². The summed E-state index contributed by atoms with van der Waals surface area (Å²) in [5, 5.41) is 0. The lowest BCUT2D eigenvalue weighted by molar-refractivity contribution is -0.136. The molecule has 1 spiro atoms. The van der Waals surface area contributed by atoms with Crippen molar-refractivity contribution in [3.8, 4) is 0 Å². The zero-order valence-corrected chi connectivity index (χ0v) is 17.2. The fourth-order valence-electron chi connectivity index (χ4n) is 4.65. The van der Waals surface area contributed by atoms with Crippen molar-refractivity contribution >= 4 is 17.8 Å². The first kappa shape index (κ1) is 19.8. The molecule has 8 nitrogen and oxygen atoms in total. The first-order valence-corrected chi connectivity index (χ1v) is 10.6. The van der Waals surface area contributed by atoms with Crippen molar-refractivity contribution < 1.29 is 14.4 Å². The average molecular weight is 399 g/mol. The number of nitrogens with zero attached hydrogens (tertiary/aromatic N) is 5. The summed E-state index contributed by atoms with van der Waals surface area (Å²) in [6.07, 6.45) is 8.74. The summed E-state index contributed by atoms with van der Waals surface area (Å²) in [6, 6.07) is -0.146. The van der Waals surface area contributed by atoms with Crippen molar-refractivity contribution in [1.29, 1.82) is 0 Å². The number of piperidine rings is 1. The van der Waals surface area contributed by atoms with Crippen molar-refractivity contribution in [2.45, 2.75) is 51.5 Å². The van der Waals surface area contributed by atoms with Crippen LogP contribution < -0.4 is 0 Å². The SMILES string of the molecule is CC(C)CN1C(=O)N(CC2CCC2)C(=O)C12CCN(C(=O)c1cncnc1)CC2. The maximum Gasteiger partial charge on any atom is 0.327 e. The molecule has 4 amide bonds. The summed E-state index contributed by atoms with van der Waals surface area (Å²) in [7, 11) is 0. The summed E-state index contributed by atoms with van der Waals surface area (Å²) in [5.74, 6) is 0.524. The lowest BCUT2D eigenvalue weighted by atomic mass is 9.83. The van der Waals surface area contributed by atoms with Crippen molar-refractivity contribution in [2.75, 3.05) is 26.2 Å². The second kappa shape index (κ2) is 7.72. The van der Waals surface area contributed by atoms with Crippen molar-refractivity contribution in [3.63, 3.8) is 0 Å². The topological polar surface area (TPSA) is 86.7 Å². The van der Waals surface area contributed by atoms with Gasteiger partial charge in [-0.05, 0) is 37.5 Å². The van der Waals surface area contributed by atoms with E-state index in [0.717, 1.165) is 12.8 Å². The van der Waals surface area contributed by atoms with Gasteiger partial charge in [0.1, 0.15) is 11.9 Å². The van der Waals surface area contributed by atoms with Gasteiger partial charge in [-0.1, -0.05) is 20.3 Å². The minimum absolute atomic E-state index is 0.0646. The number of hydrogen-bond acceptors (Lipinski definition) is 5. The van der Waals surface area contributed by atoms with Crippen LogP contribution in [0, 0.1) is 11.8 Å². The molecule has 1 aliphatic carbocycles. The summed E-state index contributed by atoms with van der Waals surface area (Å²) in [6.45, 7) is 6.11. The lowest BCUT2D eigenvalue weighted by Gasteiger charge is -2.42. The molecule has 3 fully saturated rings. The Bertz CT molecular complexity index is 785. The van der Waals surface area contributed by atoms with Crippen LogP contribution in [0.2, 0.25) is 0 Å². The van der Waals surface area contributed by atoms with Gasteiger partial charge in [-0.3, -0.25) is 14.5 Å². The number of imide groups is 1. The summed E-state index contributed by atoms with van der Waals surface area (Å²) >= 11 is 0. The molecule has 0 radical (unpaired) electrons. The molecule has 1 saturated carbocycles. The van der Waals surface area contributed by atoms with E-state index < -0.39 is 5.54 Å². The van der Waals surface area contributed by atoms with E-state index in [9.17, 15) is 14.4 Å². The van der Waals surface area contributed by atoms with E-state index in [1.165, 1.54) is 30.0 Å². The molecule has 8 heteroatoms. The molecule has 0 unspecified atom stereocenters. The Morgan fingerprint density at radius 2 is 1.83 bits per heavy atom. The van der Waals surface area contributed by atoms with Gasteiger partial charge in [0.2, 0.25) is 0 Å². The van der Waals surface area contributed by atoms with Gasteiger partial charge in [-0.25, -0.2) is 14.8 Å². The molecular formula is C21H29N5O3. The summed E-state index contributed by atoms with van der Waals surface area (Å²) < 4.78 is 0. The first-order valence-electron chi connectivity index (χ1n) is 10.6. The van der Waals surface area contributed by atoms with E-state index in [-0.39, 0.29) is 23.8 Å². The second-order valence-electron chi connectivity index (χ2n) is 8.95. The molecule has 3 aliphatic rings. The van der Waals surface area contributed by atoms with E-state index in [1.807, 2.05) is 0 Å². The van der Waals surface area contributed by atoms with Crippen LogP contribution in [0.4, 0.5) is 4.79 Å². The highest BCUT2D eigenvalue weighted by atomic mass is 16.2. The van der Waals surface area contributed by atoms with Crippen LogP contribution >= 0.6 is 0 Å². The maximum absolute atomic E-state index is 13.4. The predicted octanol–water partition coefficient (Wildman–Crippen LogP) is 2.17. The van der Waals surface area contributed by atoms with E-state index in [4.69, 9.17) is 0 Å². The lowest BCUT2D eigenvalue weighted by Crippen LogP contribution is -2.58. The van der Waals surface area contributed by atoms with Gasteiger partial charge in [-0.15, -0.1) is 0 Å². The number of carbonyl (C=O) groups is 3. The standard InChI is InChI=1S/C21H29N5O3/c1-15(2)12-26-20(29)25(13-16-4-3-5-16)19(28)21(26)6-8-24(9-7-21)18(27)17-10-22-14-23-11-17/h10-11,14-16H,3-9,12-13H2,1-2H3. The molecule has 1 aromatic rings. The largest absolute Gasteiger partial charge is 0.338 e. The van der Waals surface area contributed by atoms with Gasteiger partial charge in [0.25, 0.3) is 11.8 Å². The number of hydrogen-bond donors (Lipinski definition) is 0. The molecule has 0 atom stereocenters. The Labute approximate surface area is 171 Å². The minimum atomic E-state index is -0.810. The molecule has 156 valence electrons. The highest BCUT2D eigenvalue weighted by Crippen LogP contribution is 2.39. The van der Waals surface area contributed by atoms with Gasteiger partial charge < -0.3 is 9.80 Å². The van der Waals surface area contributed by atoms with Crippen LogP contribution in [-0.4, -0.2) is 74.2 Å². The Hall–Kier alpha value is -2.51. The highest BCUT2D eigenvalue weighted by Gasteiger charge is 2.58. The van der Waals surface area contributed by atoms with Crippen molar-refractivity contribution in [2.24, 2.45) is 11.8 Å². The van der Waals surface area contributed by atoms with Crippen molar-refractivity contribution in [3.05, 3.63) is 24.3 Å². The third kappa shape index (κ3) is 3.49. The monoisotopic (exact) mass is 399 g/mol. The molecule has 0 aromatic carbocycles. The highest BCUT2D eigenvalue weighted by molar-refractivity contribution is 6.07. The van der Waals surface area contributed by atoms with E-state index in [1.54, 1.807) is 9.80 Å². The zero-order valence-electron chi connectivity index (χ0n) is 17.2. The van der Waals surface area contributed by atoms with Gasteiger partial charge in [0.15, 0.2) is 0 Å². The molecule has 29 heavy (non-hydrogen) atoms. The average Bonchev–Trinajstić information content (AvgIpc) is 2.87. The summed E-state index contributed by atoms with van der Waals surface area (Å²) in [4.78, 5) is 52.2. The third-order valence-electron chi connectivity index (χ3n) is 6.52. The molecule has 3 heterocycles. The van der Waals surface area contributed by atoms with Crippen LogP contribution in [0.1, 0.15) is 56.3 Å². The molecule has 1 aromatic heterocycles. The Morgan fingerprint density at radius 3 is 2.38 bits per heavy atom. The van der Waals surface area contributed by atoms with Gasteiger partial charge in [0, 0.05) is 38.6 Å². The number of amides is 4. The molecule has 2 aliphatic heterocycles. The number of aromatic nitrogens is 2. The Balaban J connectivity index is 1.52. The minimum Gasteiger partial charge on any atom is -0.338 e. The van der Waals surface area contributed by atoms with Gasteiger partial charge in [-0.2, -0.15) is 0 Å². The summed E-state index contributed by atoms with van der Waals surface area (Å²) in [5.41, 5.74) is -0.363. The van der Waals surface area contributed by atoms with E-state index in [2.05, 4.69) is 23.8 Å². The number of urea groups is 1. The van der Waals surface area contributed by atoms with Gasteiger partial charge in [0.05, 0.1) is 5.56 Å². The predicted molar refractivity (Wildman–Crippen MR) is 106 cm³/mol. The Morgan fingerprint density at radius 1 is 1.17 bits per heavy atom. The maximum atomic E-state index is 13.4. The van der Waals surface area contributed by atoms with Crippen LogP contribution in [0.25, 0.3) is 0 Å². The Kier molecular flexibility index (Phi) is 5.27. The van der Waals surface area contributed by atoms with E-state index >= 15 is 0 Å². The molecule has 4 rings (SSSR count). The zero-order chi connectivity index (χ0) is 20.6. The fraction of sp³-hybridized carbons (Fsp3) is 0.667. The van der Waals surface area contributed by atoms with Crippen LogP contribution in [0.5, 0.6) is 0 Å². The molecule has 2 saturated heterocycles. The molecule has 0 N–H and O–H groups in total. The van der Waals surface area contributed by atoms with Gasteiger partial charge >= 0.3 is 6.03 Å². The molecular weight excluding hydrogens is 370 g/mol. The van der Waals surface area contributed by atoms with E-state index in [0.29, 0.717) is 50.5 Å². The van der Waals surface area contributed by atoms with Crippen LogP contribution in [0.3, 0.4) is 0 Å².